The highest BCUT2D eigenvalue weighted by Gasteiger charge is 2.42. The largest absolute Gasteiger partial charge is 0.492 e. The minimum absolute atomic E-state index is 0.0466. The molecular weight excluding hydrogens is 279 g/mol. The van der Waals surface area contributed by atoms with Crippen LogP contribution in [0.2, 0.25) is 0 Å². The second-order valence-electron chi connectivity index (χ2n) is 4.07. The number of amidine groups is 1. The highest BCUT2D eigenvalue weighted by molar-refractivity contribution is 5.80. The lowest BCUT2D eigenvalue weighted by Crippen LogP contribution is -2.39. The Kier molecular flexibility index (Phi) is 4.53. The average Bonchev–Trinajstić information content (AvgIpc) is 2.28. The molecule has 1 rings (SSSR count). The van der Waals surface area contributed by atoms with Crippen molar-refractivity contribution in [3.63, 3.8) is 0 Å². The SMILES string of the molecule is Cc1ccc([N+](=O)[O-])cc1OCC(C(=N)N)C(F)(F)F. The summed E-state index contributed by atoms with van der Waals surface area (Å²) < 4.78 is 42.6. The first-order valence-corrected chi connectivity index (χ1v) is 5.41. The van der Waals surface area contributed by atoms with E-state index in [2.05, 4.69) is 0 Å². The first kappa shape index (κ1) is 15.7. The van der Waals surface area contributed by atoms with Gasteiger partial charge < -0.3 is 10.5 Å². The molecule has 0 aromatic heterocycles. The van der Waals surface area contributed by atoms with E-state index in [0.29, 0.717) is 5.56 Å². The van der Waals surface area contributed by atoms with Crippen LogP contribution in [0.3, 0.4) is 0 Å². The van der Waals surface area contributed by atoms with Crippen LogP contribution in [0.1, 0.15) is 5.56 Å². The van der Waals surface area contributed by atoms with Crippen LogP contribution in [0.5, 0.6) is 5.75 Å². The number of halogens is 3. The van der Waals surface area contributed by atoms with Crippen molar-refractivity contribution in [1.82, 2.24) is 0 Å². The highest BCUT2D eigenvalue weighted by atomic mass is 19.4. The number of nitro benzene ring substituents is 1. The molecule has 0 aliphatic carbocycles. The number of benzene rings is 1. The summed E-state index contributed by atoms with van der Waals surface area (Å²) in [5.74, 6) is -3.36. The summed E-state index contributed by atoms with van der Waals surface area (Å²) in [4.78, 5) is 9.90. The van der Waals surface area contributed by atoms with Crippen molar-refractivity contribution in [2.75, 3.05) is 6.61 Å². The van der Waals surface area contributed by atoms with Crippen LogP contribution >= 0.6 is 0 Å². The standard InChI is InChI=1S/C11H12F3N3O3/c1-6-2-3-7(17(18)19)4-9(6)20-5-8(10(15)16)11(12,13)14/h2-4,8H,5H2,1H3,(H3,15,16). The molecule has 0 aliphatic heterocycles. The lowest BCUT2D eigenvalue weighted by atomic mass is 10.1. The first-order chi connectivity index (χ1) is 9.12. The Morgan fingerprint density at radius 2 is 2.15 bits per heavy atom. The van der Waals surface area contributed by atoms with Crippen LogP contribution in [0.4, 0.5) is 18.9 Å². The predicted octanol–water partition coefficient (Wildman–Crippen LogP) is 2.40. The van der Waals surface area contributed by atoms with Gasteiger partial charge in [0.1, 0.15) is 24.1 Å². The van der Waals surface area contributed by atoms with Crippen LogP contribution in [0.15, 0.2) is 18.2 Å². The Bertz CT molecular complexity index is 531. The van der Waals surface area contributed by atoms with Crippen LogP contribution in [-0.4, -0.2) is 23.5 Å². The molecule has 0 saturated carbocycles. The van der Waals surface area contributed by atoms with E-state index in [1.165, 1.54) is 19.1 Å². The third-order valence-electron chi connectivity index (χ3n) is 2.56. The molecule has 1 aromatic rings. The maximum atomic E-state index is 12.6. The summed E-state index contributed by atoms with van der Waals surface area (Å²) in [5, 5.41) is 17.5. The molecule has 0 fully saturated rings. The number of ether oxygens (including phenoxy) is 1. The number of nitro groups is 1. The van der Waals surface area contributed by atoms with Crippen molar-refractivity contribution in [1.29, 1.82) is 5.41 Å². The lowest BCUT2D eigenvalue weighted by Gasteiger charge is -2.19. The molecule has 1 aromatic carbocycles. The van der Waals surface area contributed by atoms with E-state index in [4.69, 9.17) is 15.9 Å². The fourth-order valence-electron chi connectivity index (χ4n) is 1.39. The monoisotopic (exact) mass is 291 g/mol. The van der Waals surface area contributed by atoms with Gasteiger partial charge in [0, 0.05) is 6.07 Å². The van der Waals surface area contributed by atoms with Gasteiger partial charge in [0.25, 0.3) is 5.69 Å². The number of non-ortho nitro benzene ring substituents is 1. The lowest BCUT2D eigenvalue weighted by molar-refractivity contribution is -0.385. The number of hydrogen-bond acceptors (Lipinski definition) is 4. The summed E-state index contributed by atoms with van der Waals surface area (Å²) in [6.07, 6.45) is -4.71. The van der Waals surface area contributed by atoms with E-state index < -0.39 is 29.5 Å². The molecule has 6 nitrogen and oxygen atoms in total. The van der Waals surface area contributed by atoms with Gasteiger partial charge in [-0.05, 0) is 18.6 Å². The van der Waals surface area contributed by atoms with Crippen LogP contribution in [-0.2, 0) is 0 Å². The summed E-state index contributed by atoms with van der Waals surface area (Å²) in [6.45, 7) is 0.635. The van der Waals surface area contributed by atoms with E-state index in [1.54, 1.807) is 0 Å². The van der Waals surface area contributed by atoms with Crippen molar-refractivity contribution >= 4 is 11.5 Å². The Hall–Kier alpha value is -2.32. The number of rotatable bonds is 5. The molecule has 0 saturated heterocycles. The highest BCUT2D eigenvalue weighted by Crippen LogP contribution is 2.29. The van der Waals surface area contributed by atoms with Gasteiger partial charge in [-0.15, -0.1) is 0 Å². The minimum Gasteiger partial charge on any atom is -0.492 e. The first-order valence-electron chi connectivity index (χ1n) is 5.41. The molecule has 1 atom stereocenters. The van der Waals surface area contributed by atoms with Gasteiger partial charge >= 0.3 is 6.18 Å². The van der Waals surface area contributed by atoms with Crippen molar-refractivity contribution in [2.45, 2.75) is 13.1 Å². The van der Waals surface area contributed by atoms with Gasteiger partial charge in [0.15, 0.2) is 0 Å². The van der Waals surface area contributed by atoms with Gasteiger partial charge in [-0.1, -0.05) is 0 Å². The van der Waals surface area contributed by atoms with Gasteiger partial charge in [-0.3, -0.25) is 15.5 Å². The molecule has 0 bridgehead atoms. The third kappa shape index (κ3) is 3.84. The number of aryl methyl sites for hydroxylation is 1. The van der Waals surface area contributed by atoms with Crippen molar-refractivity contribution in [3.05, 3.63) is 33.9 Å². The number of alkyl halides is 3. The van der Waals surface area contributed by atoms with Gasteiger partial charge in [-0.25, -0.2) is 0 Å². The molecule has 9 heteroatoms. The third-order valence-corrected chi connectivity index (χ3v) is 2.56. The molecule has 0 spiro atoms. The van der Waals surface area contributed by atoms with Gasteiger partial charge in [-0.2, -0.15) is 13.2 Å². The average molecular weight is 291 g/mol. The Labute approximate surface area is 112 Å². The van der Waals surface area contributed by atoms with Crippen LogP contribution in [0, 0.1) is 28.4 Å². The summed E-state index contributed by atoms with van der Waals surface area (Å²) >= 11 is 0. The summed E-state index contributed by atoms with van der Waals surface area (Å²) in [7, 11) is 0. The minimum atomic E-state index is -4.71. The predicted molar refractivity (Wildman–Crippen MR) is 64.8 cm³/mol. The second-order valence-corrected chi connectivity index (χ2v) is 4.07. The van der Waals surface area contributed by atoms with E-state index in [0.717, 1.165) is 6.07 Å². The van der Waals surface area contributed by atoms with Gasteiger partial charge in [0.2, 0.25) is 0 Å². The van der Waals surface area contributed by atoms with Crippen molar-refractivity contribution in [2.24, 2.45) is 11.7 Å². The number of nitrogens with two attached hydrogens (primary N) is 1. The van der Waals surface area contributed by atoms with E-state index >= 15 is 0 Å². The number of hydrogen-bond donors (Lipinski definition) is 2. The van der Waals surface area contributed by atoms with Gasteiger partial charge in [0.05, 0.1) is 11.0 Å². The Morgan fingerprint density at radius 1 is 1.55 bits per heavy atom. The molecule has 110 valence electrons. The zero-order chi connectivity index (χ0) is 15.5. The maximum absolute atomic E-state index is 12.6. The molecule has 0 heterocycles. The van der Waals surface area contributed by atoms with Crippen LogP contribution in [0.25, 0.3) is 0 Å². The summed E-state index contributed by atoms with van der Waals surface area (Å²) in [5.41, 5.74) is 5.03. The van der Waals surface area contributed by atoms with E-state index in [-0.39, 0.29) is 11.4 Å². The Morgan fingerprint density at radius 3 is 2.60 bits per heavy atom. The van der Waals surface area contributed by atoms with Crippen molar-refractivity contribution in [3.8, 4) is 5.75 Å². The Balaban J connectivity index is 2.91. The maximum Gasteiger partial charge on any atom is 0.401 e. The van der Waals surface area contributed by atoms with E-state index in [9.17, 15) is 23.3 Å². The fraction of sp³-hybridized carbons (Fsp3) is 0.364. The normalized spacial score (nSPS) is 12.8. The molecule has 0 amide bonds. The van der Waals surface area contributed by atoms with Crippen molar-refractivity contribution < 1.29 is 22.8 Å². The van der Waals surface area contributed by atoms with E-state index in [1.807, 2.05) is 0 Å². The van der Waals surface area contributed by atoms with Crippen LogP contribution < -0.4 is 10.5 Å². The zero-order valence-corrected chi connectivity index (χ0v) is 10.4. The molecule has 0 aliphatic rings. The second kappa shape index (κ2) is 5.76. The molecule has 3 N–H and O–H groups in total. The zero-order valence-electron chi connectivity index (χ0n) is 10.4. The molecule has 1 unspecified atom stereocenters. The fourth-order valence-corrected chi connectivity index (χ4v) is 1.39. The number of nitrogens with zero attached hydrogens (tertiary/aromatic N) is 1. The molecular formula is C11H12F3N3O3. The topological polar surface area (TPSA) is 102 Å². The quantitative estimate of drug-likeness (QED) is 0.376. The molecule has 0 radical (unpaired) electrons. The molecule has 20 heavy (non-hydrogen) atoms. The number of nitrogens with one attached hydrogen (secondary N) is 1. The smallest absolute Gasteiger partial charge is 0.401 e. The summed E-state index contributed by atoms with van der Waals surface area (Å²) in [6, 6.07) is 3.61.